The van der Waals surface area contributed by atoms with Gasteiger partial charge in [0.2, 0.25) is 11.8 Å². The summed E-state index contributed by atoms with van der Waals surface area (Å²) in [7, 11) is 1.79. The normalized spacial score (nSPS) is 30.3. The molecule has 8 aliphatic rings. The van der Waals surface area contributed by atoms with E-state index in [1.807, 2.05) is 18.2 Å². The Balaban J connectivity index is 0.628. The van der Waals surface area contributed by atoms with Gasteiger partial charge in [-0.25, -0.2) is 23.1 Å². The number of amides is 3. The fourth-order valence-corrected chi connectivity index (χ4v) is 13.0. The number of halogens is 2. The third-order valence-electron chi connectivity index (χ3n) is 16.1. The van der Waals surface area contributed by atoms with Crippen LogP contribution < -0.4 is 21.2 Å². The molecule has 17 nitrogen and oxygen atoms in total. The van der Waals surface area contributed by atoms with E-state index in [1.165, 1.54) is 16.3 Å². The molecule has 4 aromatic heterocycles. The van der Waals surface area contributed by atoms with Crippen molar-refractivity contribution >= 4 is 45.9 Å². The van der Waals surface area contributed by atoms with Crippen molar-refractivity contribution in [2.45, 2.75) is 100 Å². The summed E-state index contributed by atoms with van der Waals surface area (Å²) in [5.41, 5.74) is 3.13. The third-order valence-corrected chi connectivity index (χ3v) is 16.1. The van der Waals surface area contributed by atoms with E-state index in [-0.39, 0.29) is 52.9 Å². The predicted octanol–water partition coefficient (Wildman–Crippen LogP) is 4.20. The van der Waals surface area contributed by atoms with Crippen molar-refractivity contribution in [1.29, 1.82) is 0 Å². The number of aryl methyl sites for hydroxylation is 1. The van der Waals surface area contributed by atoms with E-state index in [1.54, 1.807) is 33.3 Å². The van der Waals surface area contributed by atoms with Crippen molar-refractivity contribution in [3.05, 3.63) is 70.2 Å². The van der Waals surface area contributed by atoms with Crippen LogP contribution in [0.4, 0.5) is 20.3 Å². The molecule has 0 spiro atoms. The highest BCUT2D eigenvalue weighted by Crippen LogP contribution is 2.74. The lowest BCUT2D eigenvalue weighted by molar-refractivity contribution is -0.158. The van der Waals surface area contributed by atoms with Crippen LogP contribution in [0.15, 0.2) is 47.7 Å². The number of rotatable bonds is 11. The van der Waals surface area contributed by atoms with Gasteiger partial charge in [0.25, 0.3) is 12.3 Å². The first-order chi connectivity index (χ1) is 31.4. The number of fused-ring (bicyclic) bond motifs is 4. The molecule has 5 aromatic rings. The van der Waals surface area contributed by atoms with Gasteiger partial charge in [0.1, 0.15) is 17.4 Å². The Labute approximate surface area is 373 Å². The van der Waals surface area contributed by atoms with Crippen LogP contribution in [-0.2, 0) is 26.8 Å². The van der Waals surface area contributed by atoms with Crippen molar-refractivity contribution in [2.75, 3.05) is 62.6 Å². The summed E-state index contributed by atoms with van der Waals surface area (Å²) in [6.07, 6.45) is 10.5. The summed E-state index contributed by atoms with van der Waals surface area (Å²) < 4.78 is 40.9. The molecular weight excluding hydrogens is 839 g/mol. The van der Waals surface area contributed by atoms with Gasteiger partial charge in [0.05, 0.1) is 47.7 Å². The lowest BCUT2D eigenvalue weighted by Crippen LogP contribution is -2.68. The van der Waals surface area contributed by atoms with Crippen LogP contribution in [-0.4, -0.2) is 126 Å². The number of piperidine rings is 1. The van der Waals surface area contributed by atoms with Crippen molar-refractivity contribution in [3.63, 3.8) is 0 Å². The number of ether oxygens (including phenoxy) is 1. The van der Waals surface area contributed by atoms with Gasteiger partial charge in [-0.1, -0.05) is 12.1 Å². The number of morpholine rings is 1. The highest BCUT2D eigenvalue weighted by Gasteiger charge is 2.68. The van der Waals surface area contributed by atoms with E-state index < -0.39 is 30.0 Å². The van der Waals surface area contributed by atoms with Crippen LogP contribution in [0.1, 0.15) is 104 Å². The molecule has 4 saturated heterocycles. The fraction of sp³-hybridized carbons (Fsp3) is 0.587. The van der Waals surface area contributed by atoms with E-state index in [0.717, 1.165) is 114 Å². The lowest BCUT2D eigenvalue weighted by Gasteiger charge is -2.72. The number of carbonyl (C=O) groups excluding carboxylic acids is 3. The number of aromatic nitrogens is 7. The molecule has 342 valence electrons. The molecule has 4 bridgehead atoms. The topological polar surface area (TPSA) is 169 Å². The molecule has 3 amide bonds. The van der Waals surface area contributed by atoms with Gasteiger partial charge < -0.3 is 24.8 Å². The summed E-state index contributed by atoms with van der Waals surface area (Å²) in [5.74, 6) is 0.000304. The van der Waals surface area contributed by atoms with E-state index >= 15 is 0 Å². The Hall–Kier alpha value is -5.53. The van der Waals surface area contributed by atoms with E-state index in [2.05, 4.69) is 41.6 Å². The zero-order chi connectivity index (χ0) is 44.4. The lowest BCUT2D eigenvalue weighted by atomic mass is 9.33. The average Bonchev–Trinajstić information content (AvgIpc) is 4.13. The first-order valence-electron chi connectivity index (χ1n) is 23.3. The molecule has 4 saturated carbocycles. The highest BCUT2D eigenvalue weighted by molar-refractivity contribution is 6.08. The molecular formula is C46H54F2N12O5. The molecule has 4 aliphatic heterocycles. The van der Waals surface area contributed by atoms with Crippen LogP contribution in [0.5, 0.6) is 0 Å². The number of nitrogens with one attached hydrogen (secondary N) is 2. The second kappa shape index (κ2) is 15.3. The van der Waals surface area contributed by atoms with Crippen LogP contribution in [0.25, 0.3) is 16.7 Å². The first kappa shape index (κ1) is 40.9. The monoisotopic (exact) mass is 892 g/mol. The van der Waals surface area contributed by atoms with Crippen molar-refractivity contribution in [3.8, 4) is 0 Å². The Bertz CT molecular complexity index is 2780. The molecule has 2 N–H and O–H groups in total. The minimum Gasteiger partial charge on any atom is -0.374 e. The smallest absolute Gasteiger partial charge is 0.329 e. The highest BCUT2D eigenvalue weighted by atomic mass is 19.3. The molecule has 1 aromatic carbocycles. The number of hydrogen-bond donors (Lipinski definition) is 2. The summed E-state index contributed by atoms with van der Waals surface area (Å²) >= 11 is 0. The molecule has 65 heavy (non-hydrogen) atoms. The number of imidazole rings is 1. The Morgan fingerprint density at radius 2 is 1.78 bits per heavy atom. The Morgan fingerprint density at radius 1 is 1.00 bits per heavy atom. The number of carbonyl (C=O) groups is 3. The molecule has 4 aliphatic carbocycles. The average molecular weight is 893 g/mol. The summed E-state index contributed by atoms with van der Waals surface area (Å²) in [6, 6.07) is 7.49. The number of hydrogen-bond acceptors (Lipinski definition) is 11. The zero-order valence-corrected chi connectivity index (χ0v) is 36.5. The van der Waals surface area contributed by atoms with Gasteiger partial charge in [0.15, 0.2) is 11.3 Å². The molecule has 13 rings (SSSR count). The standard InChI is InChI=1S/C46H54F2N12O5/c1-54-39-32(3-2-4-34(39)60(44(54)64)35-9-10-37(61)52-43(35)63)46-23-45(24-46,25-46)26-56-15-13-55(14-16-56)19-27-5-7-28(8-6-27)59-21-33(38(53-59)40(47)48)50-42(62)31-18-49-58-12-11-36(51-41(31)58)57-20-30-17-29(57)22-65-30/h2-4,11-12,18,21,27-30,35,40H,5-10,13-17,19-20,22-26H2,1H3,(H,50,62)(H,52,61,63)/t27?,28?,29-,30-,35?,45?,46?/m1/s1. The second-order valence-electron chi connectivity index (χ2n) is 20.2. The van der Waals surface area contributed by atoms with Gasteiger partial charge >= 0.3 is 5.69 Å². The van der Waals surface area contributed by atoms with Crippen molar-refractivity contribution in [2.24, 2.45) is 18.4 Å². The van der Waals surface area contributed by atoms with Gasteiger partial charge in [-0.2, -0.15) is 10.2 Å². The summed E-state index contributed by atoms with van der Waals surface area (Å²) in [6.45, 7) is 7.61. The SMILES string of the molecule is Cn1c(=O)n(C2CCC(=O)NC2=O)c2cccc(C34CC(CN5CCN(CC6CCC(n7cc(NC(=O)c8cnn9ccc(N%10C[C@H]%11C[C@@H]%10CO%11)nc89)c(C(F)F)n7)CC6)CC5)(C3)C4)c21. The summed E-state index contributed by atoms with van der Waals surface area (Å²) in [5, 5.41) is 13.7. The Morgan fingerprint density at radius 3 is 2.51 bits per heavy atom. The maximum Gasteiger partial charge on any atom is 0.329 e. The quantitative estimate of drug-likeness (QED) is 0.183. The number of piperazine rings is 1. The minimum absolute atomic E-state index is 0.00886. The van der Waals surface area contributed by atoms with Crippen molar-refractivity contribution in [1.82, 2.24) is 48.6 Å². The molecule has 0 radical (unpaired) electrons. The summed E-state index contributed by atoms with van der Waals surface area (Å²) in [4.78, 5) is 63.9. The van der Waals surface area contributed by atoms with Gasteiger partial charge in [-0.05, 0) is 92.2 Å². The van der Waals surface area contributed by atoms with Crippen LogP contribution in [0.3, 0.4) is 0 Å². The van der Waals surface area contributed by atoms with Gasteiger partial charge in [0, 0.05) is 71.7 Å². The maximum atomic E-state index is 14.3. The number of benzene rings is 1. The van der Waals surface area contributed by atoms with Crippen molar-refractivity contribution < 1.29 is 27.9 Å². The fourth-order valence-electron chi connectivity index (χ4n) is 13.0. The van der Waals surface area contributed by atoms with Gasteiger partial charge in [-0.15, -0.1) is 0 Å². The zero-order valence-electron chi connectivity index (χ0n) is 36.5. The molecule has 8 fully saturated rings. The Kier molecular flexibility index (Phi) is 9.62. The van der Waals surface area contributed by atoms with Crippen LogP contribution >= 0.6 is 0 Å². The van der Waals surface area contributed by atoms with Gasteiger partial charge in [-0.3, -0.25) is 33.5 Å². The van der Waals surface area contributed by atoms with E-state index in [4.69, 9.17) is 9.72 Å². The van der Waals surface area contributed by atoms with E-state index in [9.17, 15) is 28.0 Å². The molecule has 3 atom stereocenters. The minimum atomic E-state index is -2.85. The van der Waals surface area contributed by atoms with Crippen LogP contribution in [0, 0.1) is 11.3 Å². The van der Waals surface area contributed by atoms with E-state index in [0.29, 0.717) is 30.0 Å². The number of anilines is 2. The number of nitrogens with zero attached hydrogens (tertiary/aromatic N) is 10. The molecule has 19 heteroatoms. The number of alkyl halides is 2. The second-order valence-corrected chi connectivity index (χ2v) is 20.2. The molecule has 8 heterocycles. The van der Waals surface area contributed by atoms with Crippen LogP contribution in [0.2, 0.25) is 0 Å². The largest absolute Gasteiger partial charge is 0.374 e. The molecule has 1 unspecified atom stereocenters. The first-order valence-corrected chi connectivity index (χ1v) is 23.3. The third kappa shape index (κ3) is 6.81. The predicted molar refractivity (Wildman–Crippen MR) is 234 cm³/mol. The maximum absolute atomic E-state index is 14.3. The number of imide groups is 1. The number of para-hydroxylation sites is 1.